The summed E-state index contributed by atoms with van der Waals surface area (Å²) in [6, 6.07) is 13.4. The van der Waals surface area contributed by atoms with E-state index in [2.05, 4.69) is 15.6 Å². The number of pyridine rings is 1. The molecule has 23 heavy (non-hydrogen) atoms. The molecule has 1 aliphatic heterocycles. The Hall–Kier alpha value is -2.40. The maximum atomic E-state index is 12.3. The van der Waals surface area contributed by atoms with E-state index in [-0.39, 0.29) is 12.1 Å². The lowest BCUT2D eigenvalue weighted by Crippen LogP contribution is -2.33. The van der Waals surface area contributed by atoms with Crippen molar-refractivity contribution in [2.45, 2.75) is 18.9 Å². The molecule has 2 atom stereocenters. The molecule has 0 spiro atoms. The van der Waals surface area contributed by atoms with E-state index in [9.17, 15) is 4.79 Å². The normalized spacial score (nSPS) is 18.3. The Morgan fingerprint density at radius 3 is 2.83 bits per heavy atom. The molecule has 120 valence electrons. The van der Waals surface area contributed by atoms with Gasteiger partial charge in [-0.3, -0.25) is 4.98 Å². The van der Waals surface area contributed by atoms with Crippen LogP contribution in [0, 0.1) is 5.92 Å². The van der Waals surface area contributed by atoms with Crippen molar-refractivity contribution >= 4 is 11.7 Å². The highest BCUT2D eigenvalue weighted by Crippen LogP contribution is 2.26. The highest BCUT2D eigenvalue weighted by atomic mass is 16.5. The quantitative estimate of drug-likeness (QED) is 0.890. The van der Waals surface area contributed by atoms with Gasteiger partial charge in [0.1, 0.15) is 0 Å². The van der Waals surface area contributed by atoms with Crippen molar-refractivity contribution in [3.05, 3.63) is 60.4 Å². The van der Waals surface area contributed by atoms with Crippen LogP contribution in [0.3, 0.4) is 0 Å². The van der Waals surface area contributed by atoms with E-state index in [1.54, 1.807) is 18.5 Å². The Balaban J connectivity index is 1.66. The van der Waals surface area contributed by atoms with Crippen LogP contribution >= 0.6 is 0 Å². The van der Waals surface area contributed by atoms with Crippen LogP contribution in [0.25, 0.3) is 0 Å². The number of aromatic nitrogens is 1. The molecule has 2 unspecified atom stereocenters. The molecule has 3 rings (SSSR count). The molecule has 0 aliphatic carbocycles. The first-order chi connectivity index (χ1) is 11.3. The Labute approximate surface area is 136 Å². The number of benzene rings is 1. The predicted molar refractivity (Wildman–Crippen MR) is 89.1 cm³/mol. The third-order valence-electron chi connectivity index (χ3n) is 4.02. The summed E-state index contributed by atoms with van der Waals surface area (Å²) in [7, 11) is 0. The molecule has 2 N–H and O–H groups in total. The lowest BCUT2D eigenvalue weighted by Gasteiger charge is -2.22. The van der Waals surface area contributed by atoms with Gasteiger partial charge in [0.05, 0.1) is 17.9 Å². The number of nitrogens with zero attached hydrogens (tertiary/aromatic N) is 1. The van der Waals surface area contributed by atoms with Crippen molar-refractivity contribution in [1.82, 2.24) is 10.3 Å². The summed E-state index contributed by atoms with van der Waals surface area (Å²) < 4.78 is 5.46. The Morgan fingerprint density at radius 2 is 2.13 bits per heavy atom. The van der Waals surface area contributed by atoms with Crippen LogP contribution in [0.4, 0.5) is 10.5 Å². The van der Waals surface area contributed by atoms with Gasteiger partial charge in [-0.15, -0.1) is 0 Å². The first-order valence-electron chi connectivity index (χ1n) is 7.91. The Morgan fingerprint density at radius 1 is 1.26 bits per heavy atom. The molecule has 5 heteroatoms. The fourth-order valence-electron chi connectivity index (χ4n) is 2.83. The first-order valence-corrected chi connectivity index (χ1v) is 7.91. The number of urea groups is 1. The van der Waals surface area contributed by atoms with Gasteiger partial charge < -0.3 is 15.4 Å². The lowest BCUT2D eigenvalue weighted by molar-refractivity contribution is 0.181. The fraction of sp³-hybridized carbons (Fsp3) is 0.333. The van der Waals surface area contributed by atoms with E-state index in [1.807, 2.05) is 36.4 Å². The lowest BCUT2D eigenvalue weighted by atomic mass is 9.94. The molecule has 1 aliphatic rings. The number of carbonyl (C=O) groups is 1. The number of anilines is 1. The molecule has 0 radical (unpaired) electrons. The van der Waals surface area contributed by atoms with Crippen LogP contribution in [0.15, 0.2) is 54.9 Å². The summed E-state index contributed by atoms with van der Waals surface area (Å²) in [5.74, 6) is 0.485. The zero-order chi connectivity index (χ0) is 15.9. The first kappa shape index (κ1) is 15.5. The van der Waals surface area contributed by atoms with Crippen LogP contribution in [0.2, 0.25) is 0 Å². The molecule has 5 nitrogen and oxygen atoms in total. The monoisotopic (exact) mass is 311 g/mol. The molecule has 2 heterocycles. The van der Waals surface area contributed by atoms with Crippen LogP contribution in [-0.4, -0.2) is 24.2 Å². The Bertz CT molecular complexity index is 613. The average Bonchev–Trinajstić information content (AvgIpc) is 3.09. The van der Waals surface area contributed by atoms with Crippen LogP contribution in [0.1, 0.15) is 24.4 Å². The summed E-state index contributed by atoms with van der Waals surface area (Å²) in [6.07, 6.45) is 5.23. The highest BCUT2D eigenvalue weighted by Gasteiger charge is 2.23. The number of hydrogen-bond donors (Lipinski definition) is 2. The fourth-order valence-corrected chi connectivity index (χ4v) is 2.83. The van der Waals surface area contributed by atoms with Crippen molar-refractivity contribution in [3.8, 4) is 0 Å². The van der Waals surface area contributed by atoms with Gasteiger partial charge in [-0.2, -0.15) is 0 Å². The van der Waals surface area contributed by atoms with Crippen LogP contribution in [0.5, 0.6) is 0 Å². The minimum atomic E-state index is -0.217. The van der Waals surface area contributed by atoms with E-state index in [1.165, 1.54) is 0 Å². The maximum Gasteiger partial charge on any atom is 0.319 e. The van der Waals surface area contributed by atoms with E-state index in [0.717, 1.165) is 31.6 Å². The van der Waals surface area contributed by atoms with Gasteiger partial charge in [0.2, 0.25) is 0 Å². The molecule has 1 fully saturated rings. The zero-order valence-electron chi connectivity index (χ0n) is 12.9. The largest absolute Gasteiger partial charge is 0.381 e. The number of nitrogens with one attached hydrogen (secondary N) is 2. The second-order valence-electron chi connectivity index (χ2n) is 5.77. The number of amides is 2. The minimum absolute atomic E-state index is 0.0282. The standard InChI is InChI=1S/C18H21N3O2/c22-18(20-16-7-4-9-19-12-16)21-17(11-14-8-10-23-13-14)15-5-2-1-3-6-15/h1-7,9,12,14,17H,8,10-11,13H2,(H2,20,21,22). The van der Waals surface area contributed by atoms with E-state index in [0.29, 0.717) is 11.6 Å². The summed E-state index contributed by atoms with van der Waals surface area (Å²) in [4.78, 5) is 16.3. The zero-order valence-corrected chi connectivity index (χ0v) is 12.9. The van der Waals surface area contributed by atoms with E-state index >= 15 is 0 Å². The molecule has 1 aromatic carbocycles. The van der Waals surface area contributed by atoms with Crippen molar-refractivity contribution in [2.75, 3.05) is 18.5 Å². The highest BCUT2D eigenvalue weighted by molar-refractivity contribution is 5.89. The van der Waals surface area contributed by atoms with Gasteiger partial charge in [0.15, 0.2) is 0 Å². The van der Waals surface area contributed by atoms with E-state index in [4.69, 9.17) is 4.74 Å². The SMILES string of the molecule is O=C(Nc1cccnc1)NC(CC1CCOC1)c1ccccc1. The number of ether oxygens (including phenoxy) is 1. The van der Waals surface area contributed by atoms with Crippen molar-refractivity contribution < 1.29 is 9.53 Å². The second kappa shape index (κ2) is 7.74. The second-order valence-corrected chi connectivity index (χ2v) is 5.77. The average molecular weight is 311 g/mol. The number of carbonyl (C=O) groups excluding carboxylic acids is 1. The Kier molecular flexibility index (Phi) is 5.21. The van der Waals surface area contributed by atoms with Gasteiger partial charge in [-0.1, -0.05) is 30.3 Å². The predicted octanol–water partition coefficient (Wildman–Crippen LogP) is 3.37. The van der Waals surface area contributed by atoms with Gasteiger partial charge in [0, 0.05) is 19.4 Å². The summed E-state index contributed by atoms with van der Waals surface area (Å²) in [6.45, 7) is 1.59. The molecule has 0 bridgehead atoms. The minimum Gasteiger partial charge on any atom is -0.381 e. The van der Waals surface area contributed by atoms with Crippen LogP contribution < -0.4 is 10.6 Å². The third-order valence-corrected chi connectivity index (χ3v) is 4.02. The topological polar surface area (TPSA) is 63.2 Å². The number of rotatable bonds is 5. The summed E-state index contributed by atoms with van der Waals surface area (Å²) >= 11 is 0. The van der Waals surface area contributed by atoms with Crippen LogP contribution in [-0.2, 0) is 4.74 Å². The third kappa shape index (κ3) is 4.53. The van der Waals surface area contributed by atoms with Gasteiger partial charge in [-0.25, -0.2) is 4.79 Å². The molecule has 0 saturated carbocycles. The molecule has 1 saturated heterocycles. The van der Waals surface area contributed by atoms with Crippen molar-refractivity contribution in [3.63, 3.8) is 0 Å². The van der Waals surface area contributed by atoms with Gasteiger partial charge in [0.25, 0.3) is 0 Å². The smallest absolute Gasteiger partial charge is 0.319 e. The summed E-state index contributed by atoms with van der Waals surface area (Å²) in [5.41, 5.74) is 1.79. The van der Waals surface area contributed by atoms with E-state index < -0.39 is 0 Å². The molecule has 2 aromatic rings. The van der Waals surface area contributed by atoms with Gasteiger partial charge in [-0.05, 0) is 36.5 Å². The number of hydrogen-bond acceptors (Lipinski definition) is 3. The molecule has 1 aromatic heterocycles. The maximum absolute atomic E-state index is 12.3. The molecular weight excluding hydrogens is 290 g/mol. The summed E-state index contributed by atoms with van der Waals surface area (Å²) in [5, 5.41) is 5.90. The van der Waals surface area contributed by atoms with Crippen molar-refractivity contribution in [2.24, 2.45) is 5.92 Å². The molecule has 2 amide bonds. The molecular formula is C18H21N3O2. The van der Waals surface area contributed by atoms with Gasteiger partial charge >= 0.3 is 6.03 Å². The van der Waals surface area contributed by atoms with Crippen molar-refractivity contribution in [1.29, 1.82) is 0 Å².